The van der Waals surface area contributed by atoms with Crippen molar-refractivity contribution in [1.29, 1.82) is 0 Å². The molecule has 0 aliphatic heterocycles. The van der Waals surface area contributed by atoms with Crippen LogP contribution in [0.5, 0.6) is 0 Å². The van der Waals surface area contributed by atoms with Crippen LogP contribution in [0.15, 0.2) is 85.2 Å². The second-order valence-corrected chi connectivity index (χ2v) is 5.09. The predicted molar refractivity (Wildman–Crippen MR) is 90.8 cm³/mol. The Labute approximate surface area is 135 Å². The van der Waals surface area contributed by atoms with Crippen molar-refractivity contribution in [2.75, 3.05) is 5.01 Å². The summed E-state index contributed by atoms with van der Waals surface area (Å²) in [5.74, 6) is -0.183. The van der Waals surface area contributed by atoms with Gasteiger partial charge in [0.15, 0.2) is 0 Å². The van der Waals surface area contributed by atoms with Gasteiger partial charge in [0, 0.05) is 12.4 Å². The summed E-state index contributed by atoms with van der Waals surface area (Å²) in [6, 6.07) is 23.3. The summed E-state index contributed by atoms with van der Waals surface area (Å²) in [5.41, 5.74) is 5.52. The molecule has 1 aromatic heterocycles. The van der Waals surface area contributed by atoms with Crippen molar-refractivity contribution < 1.29 is 4.79 Å². The molecule has 2 aromatic carbocycles. The van der Waals surface area contributed by atoms with E-state index >= 15 is 0 Å². The number of anilines is 1. The lowest BCUT2D eigenvalue weighted by molar-refractivity contribution is 0.0948. The van der Waals surface area contributed by atoms with Crippen LogP contribution in [0.2, 0.25) is 0 Å². The van der Waals surface area contributed by atoms with Gasteiger partial charge in [0.1, 0.15) is 0 Å². The maximum Gasteiger partial charge on any atom is 0.271 e. The third-order valence-electron chi connectivity index (χ3n) is 3.41. The number of rotatable bonds is 5. The van der Waals surface area contributed by atoms with Crippen LogP contribution in [0.1, 0.15) is 15.9 Å². The van der Waals surface area contributed by atoms with E-state index in [0.29, 0.717) is 12.1 Å². The molecular formula is C19H17N3O. The summed E-state index contributed by atoms with van der Waals surface area (Å²) in [4.78, 5) is 16.4. The lowest BCUT2D eigenvalue weighted by Crippen LogP contribution is -2.42. The van der Waals surface area contributed by atoms with Gasteiger partial charge in [0.2, 0.25) is 0 Å². The average Bonchev–Trinajstić information content (AvgIpc) is 2.63. The minimum absolute atomic E-state index is 0.183. The number of para-hydroxylation sites is 1. The molecule has 3 rings (SSSR count). The van der Waals surface area contributed by atoms with Crippen molar-refractivity contribution in [3.63, 3.8) is 0 Å². The van der Waals surface area contributed by atoms with E-state index in [9.17, 15) is 4.79 Å². The Morgan fingerprint density at radius 3 is 2.26 bits per heavy atom. The summed E-state index contributed by atoms with van der Waals surface area (Å²) < 4.78 is 0. The molecule has 0 spiro atoms. The number of hydrogen-bond donors (Lipinski definition) is 1. The monoisotopic (exact) mass is 303 g/mol. The minimum Gasteiger partial charge on any atom is -0.281 e. The molecule has 23 heavy (non-hydrogen) atoms. The summed E-state index contributed by atoms with van der Waals surface area (Å²) in [7, 11) is 0. The molecule has 1 N–H and O–H groups in total. The van der Waals surface area contributed by atoms with Crippen LogP contribution in [-0.4, -0.2) is 10.9 Å². The predicted octanol–water partition coefficient (Wildman–Crippen LogP) is 3.43. The number of carbonyl (C=O) groups is 1. The highest BCUT2D eigenvalue weighted by molar-refractivity contribution is 5.94. The van der Waals surface area contributed by atoms with E-state index in [4.69, 9.17) is 0 Å². The Bertz CT molecular complexity index is 745. The van der Waals surface area contributed by atoms with E-state index < -0.39 is 0 Å². The van der Waals surface area contributed by atoms with Gasteiger partial charge in [-0.1, -0.05) is 48.5 Å². The topological polar surface area (TPSA) is 45.2 Å². The lowest BCUT2D eigenvalue weighted by atomic mass is 10.2. The largest absolute Gasteiger partial charge is 0.281 e. The smallest absolute Gasteiger partial charge is 0.271 e. The first-order valence-electron chi connectivity index (χ1n) is 7.40. The summed E-state index contributed by atoms with van der Waals surface area (Å²) in [5, 5.41) is 1.84. The Kier molecular flexibility index (Phi) is 4.64. The van der Waals surface area contributed by atoms with Crippen LogP contribution in [0.25, 0.3) is 0 Å². The number of amides is 1. The molecule has 0 saturated heterocycles. The first kappa shape index (κ1) is 14.8. The van der Waals surface area contributed by atoms with Crippen molar-refractivity contribution in [3.05, 3.63) is 96.3 Å². The van der Waals surface area contributed by atoms with Crippen LogP contribution in [-0.2, 0) is 6.54 Å². The fourth-order valence-corrected chi connectivity index (χ4v) is 2.25. The van der Waals surface area contributed by atoms with Gasteiger partial charge in [-0.3, -0.25) is 20.2 Å². The van der Waals surface area contributed by atoms with Crippen LogP contribution < -0.4 is 10.4 Å². The van der Waals surface area contributed by atoms with E-state index in [1.54, 1.807) is 24.5 Å². The Morgan fingerprint density at radius 2 is 1.61 bits per heavy atom. The fraction of sp³-hybridized carbons (Fsp3) is 0.0526. The number of pyridine rings is 1. The van der Waals surface area contributed by atoms with Crippen molar-refractivity contribution >= 4 is 11.6 Å². The summed E-state index contributed by atoms with van der Waals surface area (Å²) in [6.45, 7) is 0.580. The van der Waals surface area contributed by atoms with Gasteiger partial charge in [-0.2, -0.15) is 0 Å². The molecule has 0 atom stereocenters. The first-order chi connectivity index (χ1) is 11.3. The van der Waals surface area contributed by atoms with Gasteiger partial charge < -0.3 is 0 Å². The van der Waals surface area contributed by atoms with E-state index in [2.05, 4.69) is 10.4 Å². The molecule has 4 heteroatoms. The number of hydrogen-bond acceptors (Lipinski definition) is 3. The molecule has 4 nitrogen and oxygen atoms in total. The van der Waals surface area contributed by atoms with Gasteiger partial charge in [-0.25, -0.2) is 0 Å². The number of benzene rings is 2. The second-order valence-electron chi connectivity index (χ2n) is 5.09. The van der Waals surface area contributed by atoms with E-state index in [1.165, 1.54) is 0 Å². The molecular weight excluding hydrogens is 286 g/mol. The molecule has 0 radical (unpaired) electrons. The van der Waals surface area contributed by atoms with Crippen LogP contribution in [0.4, 0.5) is 5.69 Å². The molecule has 0 saturated carbocycles. The van der Waals surface area contributed by atoms with Crippen LogP contribution in [0, 0.1) is 0 Å². The van der Waals surface area contributed by atoms with Gasteiger partial charge in [0.25, 0.3) is 5.91 Å². The normalized spacial score (nSPS) is 10.1. The molecule has 114 valence electrons. The van der Waals surface area contributed by atoms with Gasteiger partial charge in [-0.15, -0.1) is 0 Å². The standard InChI is InChI=1S/C19H17N3O/c23-19(17-10-7-13-20-14-17)21-22(18-11-5-2-6-12-18)15-16-8-3-1-4-9-16/h1-14H,15H2,(H,21,23). The fourth-order valence-electron chi connectivity index (χ4n) is 2.25. The molecule has 1 heterocycles. The Morgan fingerprint density at radius 1 is 0.913 bits per heavy atom. The van der Waals surface area contributed by atoms with Crippen molar-refractivity contribution in [1.82, 2.24) is 10.4 Å². The molecule has 1 amide bonds. The quantitative estimate of drug-likeness (QED) is 0.734. The zero-order valence-corrected chi connectivity index (χ0v) is 12.6. The molecule has 0 fully saturated rings. The number of nitrogens with zero attached hydrogens (tertiary/aromatic N) is 2. The minimum atomic E-state index is -0.183. The number of aromatic nitrogens is 1. The molecule has 3 aromatic rings. The lowest BCUT2D eigenvalue weighted by Gasteiger charge is -2.25. The van der Waals surface area contributed by atoms with Crippen molar-refractivity contribution in [2.45, 2.75) is 6.54 Å². The van der Waals surface area contributed by atoms with E-state index in [0.717, 1.165) is 11.3 Å². The average molecular weight is 303 g/mol. The maximum atomic E-state index is 12.4. The van der Waals surface area contributed by atoms with Gasteiger partial charge in [-0.05, 0) is 29.8 Å². The molecule has 0 bridgehead atoms. The highest BCUT2D eigenvalue weighted by Crippen LogP contribution is 2.15. The highest BCUT2D eigenvalue weighted by Gasteiger charge is 2.12. The zero-order valence-electron chi connectivity index (χ0n) is 12.6. The van der Waals surface area contributed by atoms with Crippen molar-refractivity contribution in [3.8, 4) is 0 Å². The van der Waals surface area contributed by atoms with Crippen LogP contribution >= 0.6 is 0 Å². The van der Waals surface area contributed by atoms with Gasteiger partial charge in [0.05, 0.1) is 17.8 Å². The third kappa shape index (κ3) is 3.95. The Hall–Kier alpha value is -3.14. The Balaban J connectivity index is 1.82. The van der Waals surface area contributed by atoms with Gasteiger partial charge >= 0.3 is 0 Å². The summed E-state index contributed by atoms with van der Waals surface area (Å²) in [6.07, 6.45) is 3.21. The number of hydrazine groups is 1. The third-order valence-corrected chi connectivity index (χ3v) is 3.41. The molecule has 0 unspecified atom stereocenters. The van der Waals surface area contributed by atoms with Crippen LogP contribution in [0.3, 0.4) is 0 Å². The molecule has 0 aliphatic rings. The zero-order chi connectivity index (χ0) is 15.9. The second kappa shape index (κ2) is 7.22. The SMILES string of the molecule is O=C(NN(Cc1ccccc1)c1ccccc1)c1cccnc1. The highest BCUT2D eigenvalue weighted by atomic mass is 16.2. The summed E-state index contributed by atoms with van der Waals surface area (Å²) >= 11 is 0. The maximum absolute atomic E-state index is 12.4. The van der Waals surface area contributed by atoms with E-state index in [1.807, 2.05) is 65.7 Å². The number of nitrogens with one attached hydrogen (secondary N) is 1. The molecule has 0 aliphatic carbocycles. The number of carbonyl (C=O) groups excluding carboxylic acids is 1. The van der Waals surface area contributed by atoms with Crippen molar-refractivity contribution in [2.24, 2.45) is 0 Å². The first-order valence-corrected chi connectivity index (χ1v) is 7.40. The van der Waals surface area contributed by atoms with E-state index in [-0.39, 0.29) is 5.91 Å².